The van der Waals surface area contributed by atoms with Gasteiger partial charge in [0, 0.05) is 35.7 Å². The summed E-state index contributed by atoms with van der Waals surface area (Å²) in [5.74, 6) is -0.513. The number of hydrogen-bond donors (Lipinski definition) is 0. The van der Waals surface area contributed by atoms with Crippen LogP contribution in [0.3, 0.4) is 0 Å². The highest BCUT2D eigenvalue weighted by Gasteiger charge is 2.56. The highest BCUT2D eigenvalue weighted by molar-refractivity contribution is 7.99. The zero-order valence-electron chi connectivity index (χ0n) is 24.0. The van der Waals surface area contributed by atoms with Crippen molar-refractivity contribution in [3.8, 4) is 11.5 Å². The van der Waals surface area contributed by atoms with Crippen molar-refractivity contribution in [3.05, 3.63) is 53.6 Å². The molecule has 0 saturated carbocycles. The second kappa shape index (κ2) is 15.7. The molecule has 3 nitrogen and oxygen atoms in total. The quantitative estimate of drug-likeness (QED) is 0.130. The van der Waals surface area contributed by atoms with Gasteiger partial charge in [-0.25, -0.2) is 0 Å². The molecule has 0 amide bonds. The van der Waals surface area contributed by atoms with Crippen molar-refractivity contribution < 1.29 is 36.2 Å². The number of ether oxygens (including phenoxy) is 3. The van der Waals surface area contributed by atoms with E-state index in [0.717, 1.165) is 55.1 Å². The Hall–Kier alpha value is -1.65. The van der Waals surface area contributed by atoms with E-state index >= 15 is 0 Å². The second-order valence-electron chi connectivity index (χ2n) is 10.6. The van der Waals surface area contributed by atoms with Crippen molar-refractivity contribution in [1.29, 1.82) is 0 Å². The third kappa shape index (κ3) is 9.42. The second-order valence-corrected chi connectivity index (χ2v) is 12.9. The van der Waals surface area contributed by atoms with E-state index in [-0.39, 0.29) is 11.8 Å². The van der Waals surface area contributed by atoms with Crippen molar-refractivity contribution in [1.82, 2.24) is 0 Å². The number of thioether (sulfide) groups is 2. The van der Waals surface area contributed by atoms with Crippen LogP contribution in [0.5, 0.6) is 11.5 Å². The normalized spacial score (nSPS) is 19.2. The molecule has 0 spiro atoms. The summed E-state index contributed by atoms with van der Waals surface area (Å²) in [5.41, 5.74) is 2.60. The van der Waals surface area contributed by atoms with Crippen LogP contribution in [0.15, 0.2) is 47.4 Å². The molecule has 0 radical (unpaired) electrons. The molecule has 0 bridgehead atoms. The van der Waals surface area contributed by atoms with Crippen molar-refractivity contribution >= 4 is 23.5 Å². The van der Waals surface area contributed by atoms with Crippen LogP contribution in [0.25, 0.3) is 0 Å². The summed E-state index contributed by atoms with van der Waals surface area (Å²) in [6, 6.07) is 14.8. The van der Waals surface area contributed by atoms with E-state index < -0.39 is 18.5 Å². The predicted molar refractivity (Wildman–Crippen MR) is 158 cm³/mol. The van der Waals surface area contributed by atoms with E-state index in [0.29, 0.717) is 24.9 Å². The van der Waals surface area contributed by atoms with Crippen molar-refractivity contribution in [2.24, 2.45) is 0 Å². The summed E-state index contributed by atoms with van der Waals surface area (Å²) in [7, 11) is 3.37. The summed E-state index contributed by atoms with van der Waals surface area (Å²) in [5, 5.41) is 0. The third-order valence-corrected chi connectivity index (χ3v) is 10.3. The fourth-order valence-corrected chi connectivity index (χ4v) is 7.53. The molecule has 0 aliphatic carbocycles. The van der Waals surface area contributed by atoms with Gasteiger partial charge < -0.3 is 14.2 Å². The predicted octanol–water partition coefficient (Wildman–Crippen LogP) is 9.53. The number of methoxy groups -OCH3 is 2. The molecule has 1 heterocycles. The van der Waals surface area contributed by atoms with E-state index in [1.165, 1.54) is 27.8 Å². The van der Waals surface area contributed by atoms with Crippen LogP contribution in [0.1, 0.15) is 68.9 Å². The molecule has 1 aliphatic rings. The molecule has 3 rings (SSSR count). The maximum absolute atomic E-state index is 12.9. The number of benzene rings is 2. The van der Waals surface area contributed by atoms with Crippen LogP contribution < -0.4 is 9.47 Å². The highest BCUT2D eigenvalue weighted by atomic mass is 32.2. The van der Waals surface area contributed by atoms with Gasteiger partial charge in [-0.05, 0) is 84.9 Å². The van der Waals surface area contributed by atoms with Crippen LogP contribution in [0.4, 0.5) is 22.0 Å². The summed E-state index contributed by atoms with van der Waals surface area (Å²) in [6.45, 7) is 3.68. The van der Waals surface area contributed by atoms with Gasteiger partial charge in [-0.1, -0.05) is 31.5 Å². The summed E-state index contributed by atoms with van der Waals surface area (Å²) in [4.78, 5) is 1.27. The molecule has 2 aromatic carbocycles. The lowest BCUT2D eigenvalue weighted by Crippen LogP contribution is -2.36. The van der Waals surface area contributed by atoms with Crippen LogP contribution in [-0.4, -0.2) is 56.8 Å². The Labute approximate surface area is 249 Å². The van der Waals surface area contributed by atoms with Gasteiger partial charge in [0.2, 0.25) is 0 Å². The maximum atomic E-state index is 12.9. The summed E-state index contributed by atoms with van der Waals surface area (Å²) < 4.78 is 79.2. The highest BCUT2D eigenvalue weighted by Crippen LogP contribution is 2.52. The van der Waals surface area contributed by atoms with Crippen LogP contribution in [0.2, 0.25) is 0 Å². The molecule has 0 saturated heterocycles. The Kier molecular flexibility index (Phi) is 13.0. The van der Waals surface area contributed by atoms with Gasteiger partial charge in [0.25, 0.3) is 0 Å². The van der Waals surface area contributed by atoms with Crippen molar-refractivity contribution in [2.75, 3.05) is 44.7 Å². The minimum Gasteiger partial charge on any atom is -0.497 e. The van der Waals surface area contributed by atoms with Crippen molar-refractivity contribution in [3.63, 3.8) is 0 Å². The molecule has 0 aromatic heterocycles. The van der Waals surface area contributed by atoms with E-state index in [1.807, 2.05) is 30.0 Å². The number of halogens is 5. The molecular formula is C31H41F5O3S2. The topological polar surface area (TPSA) is 27.7 Å². The molecule has 41 heavy (non-hydrogen) atoms. The van der Waals surface area contributed by atoms with Crippen LogP contribution in [0, 0.1) is 0 Å². The Morgan fingerprint density at radius 1 is 0.854 bits per heavy atom. The molecule has 2 atom stereocenters. The van der Waals surface area contributed by atoms with E-state index in [4.69, 9.17) is 14.2 Å². The average molecular weight is 621 g/mol. The monoisotopic (exact) mass is 620 g/mol. The summed E-state index contributed by atoms with van der Waals surface area (Å²) in [6.07, 6.45) is -2.08. The largest absolute Gasteiger partial charge is 0.497 e. The van der Waals surface area contributed by atoms with E-state index in [1.54, 1.807) is 14.2 Å². The lowest BCUT2D eigenvalue weighted by atomic mass is 9.68. The Bertz CT molecular complexity index is 1060. The first-order valence-electron chi connectivity index (χ1n) is 14.1. The minimum atomic E-state index is -5.46. The van der Waals surface area contributed by atoms with Crippen LogP contribution >= 0.6 is 23.5 Å². The van der Waals surface area contributed by atoms with Gasteiger partial charge in [-0.3, -0.25) is 0 Å². The lowest BCUT2D eigenvalue weighted by Gasteiger charge is -2.43. The molecule has 1 unspecified atom stereocenters. The fraction of sp³-hybridized carbons (Fsp3) is 0.613. The zero-order chi connectivity index (χ0) is 29.9. The minimum absolute atomic E-state index is 0.0428. The van der Waals surface area contributed by atoms with Crippen molar-refractivity contribution in [2.45, 2.75) is 80.2 Å². The Morgan fingerprint density at radius 2 is 1.51 bits per heavy atom. The molecule has 230 valence electrons. The van der Waals surface area contributed by atoms with Gasteiger partial charge >= 0.3 is 12.1 Å². The SMILES string of the molecule is COc1ccc([C@@]2(C)CSc3cc(OC)ccc3C2CCCOCCCCCSCCCC(F)(F)C(F)(F)F)cc1. The average Bonchev–Trinajstić information content (AvgIpc) is 2.95. The Balaban J connectivity index is 1.40. The molecule has 0 N–H and O–H groups in total. The zero-order valence-corrected chi connectivity index (χ0v) is 25.7. The Morgan fingerprint density at radius 3 is 2.20 bits per heavy atom. The maximum Gasteiger partial charge on any atom is 0.453 e. The standard InChI is InChI=1S/C31H41F5O3S2/c1-29(23-10-12-24(37-2)13-11-23)22-41-28-21-25(38-3)14-15-26(28)27(29)9-7-18-39-17-5-4-6-19-40-20-8-16-30(32,33)31(34,35)36/h10-15,21,27H,4-9,16-20,22H2,1-3H3/t27?,29-/m1/s1. The molecule has 1 aliphatic heterocycles. The molecular weight excluding hydrogens is 579 g/mol. The third-order valence-electron chi connectivity index (χ3n) is 7.70. The number of fused-ring (bicyclic) bond motifs is 1. The van der Waals surface area contributed by atoms with Gasteiger partial charge in [0.1, 0.15) is 11.5 Å². The van der Waals surface area contributed by atoms with Crippen LogP contribution in [-0.2, 0) is 10.2 Å². The fourth-order valence-electron chi connectivity index (χ4n) is 5.17. The number of rotatable bonds is 17. The van der Waals surface area contributed by atoms with Gasteiger partial charge in [-0.15, -0.1) is 11.8 Å². The molecule has 0 fully saturated rings. The smallest absolute Gasteiger partial charge is 0.453 e. The van der Waals surface area contributed by atoms with Gasteiger partial charge in [0.15, 0.2) is 0 Å². The first kappa shape index (κ1) is 33.8. The molecule has 10 heteroatoms. The van der Waals surface area contributed by atoms with Gasteiger partial charge in [-0.2, -0.15) is 33.7 Å². The van der Waals surface area contributed by atoms with Gasteiger partial charge in [0.05, 0.1) is 14.2 Å². The molecule has 2 aromatic rings. The number of hydrogen-bond acceptors (Lipinski definition) is 5. The first-order chi connectivity index (χ1) is 19.5. The lowest BCUT2D eigenvalue weighted by molar-refractivity contribution is -0.284. The summed E-state index contributed by atoms with van der Waals surface area (Å²) >= 11 is 3.30. The number of unbranched alkanes of at least 4 members (excludes halogenated alkanes) is 2. The number of alkyl halides is 5. The first-order valence-corrected chi connectivity index (χ1v) is 16.2. The van der Waals surface area contributed by atoms with E-state index in [2.05, 4.69) is 31.2 Å². The van der Waals surface area contributed by atoms with E-state index in [9.17, 15) is 22.0 Å².